The van der Waals surface area contributed by atoms with Crippen LogP contribution in [0.5, 0.6) is 0 Å². The van der Waals surface area contributed by atoms with Crippen molar-refractivity contribution >= 4 is 23.8 Å². The van der Waals surface area contributed by atoms with Crippen molar-refractivity contribution in [2.45, 2.75) is 161 Å². The molecule has 0 radical (unpaired) electrons. The lowest BCUT2D eigenvalue weighted by molar-refractivity contribution is -0.883. The van der Waals surface area contributed by atoms with Gasteiger partial charge in [-0.15, -0.1) is 0 Å². The molecule has 0 bridgehead atoms. The number of ether oxygens (including phenoxy) is 1. The van der Waals surface area contributed by atoms with Crippen LogP contribution in [-0.4, -0.2) is 79.7 Å². The number of carboxylic acid groups (broad SMARTS) is 1. The second kappa shape index (κ2) is 28.3. The number of carbonyl (C=O) groups is 4. The van der Waals surface area contributed by atoms with Crippen LogP contribution in [0.2, 0.25) is 0 Å². The van der Waals surface area contributed by atoms with Crippen LogP contribution in [-0.2, 0) is 23.9 Å². The number of unbranched alkanes of at least 4 members (excludes halogenated alkanes) is 16. The number of carboxylic acids is 1. The van der Waals surface area contributed by atoms with Crippen molar-refractivity contribution in [3.05, 3.63) is 0 Å². The molecule has 1 atom stereocenters. The Morgan fingerprint density at radius 2 is 1.16 bits per heavy atom. The van der Waals surface area contributed by atoms with Crippen LogP contribution in [0, 0.1) is 0 Å². The zero-order chi connectivity index (χ0) is 32.9. The number of rotatable bonds is 31. The summed E-state index contributed by atoms with van der Waals surface area (Å²) >= 11 is 0. The van der Waals surface area contributed by atoms with Crippen LogP contribution < -0.4 is 10.6 Å². The highest BCUT2D eigenvalue weighted by Crippen LogP contribution is 2.13. The molecule has 9 nitrogen and oxygen atoms in total. The van der Waals surface area contributed by atoms with Gasteiger partial charge in [-0.3, -0.25) is 9.59 Å². The lowest BCUT2D eigenvalue weighted by Gasteiger charge is -2.27. The molecule has 258 valence electrons. The maximum absolute atomic E-state index is 12.5. The number of nitrogens with zero attached hydrogens (tertiary/aromatic N) is 1. The molecule has 0 rings (SSSR count). The summed E-state index contributed by atoms with van der Waals surface area (Å²) in [4.78, 5) is 47.9. The number of aliphatic carboxylic acids is 1. The fourth-order valence-electron chi connectivity index (χ4n) is 5.48. The van der Waals surface area contributed by atoms with E-state index in [0.29, 0.717) is 30.3 Å². The van der Waals surface area contributed by atoms with E-state index in [0.717, 1.165) is 83.6 Å². The molecule has 9 heteroatoms. The Kier molecular flexibility index (Phi) is 26.9. The minimum atomic E-state index is -0.753. The number of amides is 2. The van der Waals surface area contributed by atoms with E-state index in [4.69, 9.17) is 9.84 Å². The lowest BCUT2D eigenvalue weighted by Crippen LogP contribution is -2.44. The van der Waals surface area contributed by atoms with Gasteiger partial charge >= 0.3 is 11.9 Å². The van der Waals surface area contributed by atoms with Gasteiger partial charge in [0.2, 0.25) is 11.8 Å². The first kappa shape index (κ1) is 41.8. The van der Waals surface area contributed by atoms with Crippen LogP contribution in [0.1, 0.15) is 155 Å². The van der Waals surface area contributed by atoms with Crippen LogP contribution in [0.4, 0.5) is 0 Å². The van der Waals surface area contributed by atoms with Gasteiger partial charge in [-0.25, -0.2) is 9.59 Å². The summed E-state index contributed by atoms with van der Waals surface area (Å²) in [5.41, 5.74) is 0. The molecular weight excluding hydrogens is 558 g/mol. The van der Waals surface area contributed by atoms with E-state index < -0.39 is 12.0 Å². The molecular formula is C35H68N3O6+. The van der Waals surface area contributed by atoms with Crippen molar-refractivity contribution in [2.75, 3.05) is 40.3 Å². The van der Waals surface area contributed by atoms with Crippen molar-refractivity contribution in [1.82, 2.24) is 10.6 Å². The van der Waals surface area contributed by atoms with E-state index in [1.54, 1.807) is 6.92 Å². The Hall–Kier alpha value is -2.16. The third-order valence-corrected chi connectivity index (χ3v) is 8.14. The topological polar surface area (TPSA) is 122 Å². The third-order valence-electron chi connectivity index (χ3n) is 8.14. The molecule has 0 aliphatic rings. The Labute approximate surface area is 269 Å². The predicted molar refractivity (Wildman–Crippen MR) is 178 cm³/mol. The number of hydrogen-bond acceptors (Lipinski definition) is 5. The molecule has 2 amide bonds. The second-order valence-electron chi connectivity index (χ2n) is 13.1. The maximum Gasteiger partial charge on any atom is 0.359 e. The summed E-state index contributed by atoms with van der Waals surface area (Å²) in [5, 5.41) is 14.8. The highest BCUT2D eigenvalue weighted by atomic mass is 16.5. The summed E-state index contributed by atoms with van der Waals surface area (Å²) in [7, 11) is 3.92. The minimum Gasteiger partial charge on any atom is -0.477 e. The minimum absolute atomic E-state index is 0.0968. The van der Waals surface area contributed by atoms with Crippen LogP contribution in [0.15, 0.2) is 0 Å². The van der Waals surface area contributed by atoms with E-state index in [9.17, 15) is 19.2 Å². The largest absolute Gasteiger partial charge is 0.477 e. The molecule has 0 saturated heterocycles. The number of hydrogen-bond donors (Lipinski definition) is 3. The summed E-state index contributed by atoms with van der Waals surface area (Å²) < 4.78 is 5.70. The number of carbonyl (C=O) groups excluding carboxylic acids is 3. The summed E-state index contributed by atoms with van der Waals surface area (Å²) in [5.74, 6) is -1.16. The molecule has 0 saturated carbocycles. The molecule has 0 spiro atoms. The van der Waals surface area contributed by atoms with Gasteiger partial charge < -0.3 is 25.0 Å². The zero-order valence-electron chi connectivity index (χ0n) is 28.9. The van der Waals surface area contributed by atoms with Crippen LogP contribution in [0.25, 0.3) is 0 Å². The van der Waals surface area contributed by atoms with Gasteiger partial charge in [0.25, 0.3) is 0 Å². The Morgan fingerprint density at radius 3 is 1.68 bits per heavy atom. The van der Waals surface area contributed by atoms with E-state index in [2.05, 4.69) is 17.6 Å². The molecule has 0 aliphatic carbocycles. The molecule has 0 fully saturated rings. The normalized spacial score (nSPS) is 12.1. The number of nitrogens with one attached hydrogen (secondary N) is 2. The number of quaternary nitrogens is 1. The van der Waals surface area contributed by atoms with Crippen molar-refractivity contribution in [2.24, 2.45) is 0 Å². The SMILES string of the molecule is CCCCCCCCCCCC(=O)NCCCC[C@H](NC(=O)CCCCCCCCCC[N+](C)(C)CC(=O)O)C(=O)OCC. The van der Waals surface area contributed by atoms with Gasteiger partial charge in [-0.2, -0.15) is 0 Å². The molecule has 3 N–H and O–H groups in total. The number of likely N-dealkylation sites (N-methyl/N-ethyl adjacent to an activating group) is 1. The molecule has 0 heterocycles. The van der Waals surface area contributed by atoms with Gasteiger partial charge in [-0.05, 0) is 51.9 Å². The first-order valence-electron chi connectivity index (χ1n) is 17.9. The quantitative estimate of drug-likeness (QED) is 0.0437. The van der Waals surface area contributed by atoms with E-state index in [1.807, 2.05) is 14.1 Å². The molecule has 44 heavy (non-hydrogen) atoms. The fraction of sp³-hybridized carbons (Fsp3) is 0.886. The molecule has 0 aliphatic heterocycles. The van der Waals surface area contributed by atoms with Crippen LogP contribution >= 0.6 is 0 Å². The van der Waals surface area contributed by atoms with Crippen LogP contribution in [0.3, 0.4) is 0 Å². The first-order valence-corrected chi connectivity index (χ1v) is 17.9. The Bertz CT molecular complexity index is 759. The Morgan fingerprint density at radius 1 is 0.659 bits per heavy atom. The van der Waals surface area contributed by atoms with Crippen molar-refractivity contribution in [1.29, 1.82) is 0 Å². The van der Waals surface area contributed by atoms with Crippen molar-refractivity contribution in [3.8, 4) is 0 Å². The summed E-state index contributed by atoms with van der Waals surface area (Å²) in [6, 6.07) is -0.640. The van der Waals surface area contributed by atoms with Crippen molar-refractivity contribution < 1.29 is 33.5 Å². The summed E-state index contributed by atoms with van der Waals surface area (Å²) in [6.07, 6.45) is 22.5. The number of esters is 1. The van der Waals surface area contributed by atoms with E-state index in [-0.39, 0.29) is 30.9 Å². The maximum atomic E-state index is 12.5. The average Bonchev–Trinajstić information content (AvgIpc) is 2.95. The predicted octanol–water partition coefficient (Wildman–Crippen LogP) is 6.91. The van der Waals surface area contributed by atoms with Gasteiger partial charge in [0.05, 0.1) is 27.2 Å². The standard InChI is InChI=1S/C35H67N3O6/c1-5-7-8-9-10-11-14-17-20-26-32(39)36-28-23-22-25-31(35(43)44-6-2)37-33(40)27-21-18-15-12-13-16-19-24-29-38(3,4)30-34(41)42/h31H,5-30H2,1-4H3,(H2-,36,37,39,40,41,42)/p+1/t31-/m0/s1. The molecule has 0 aromatic rings. The zero-order valence-corrected chi connectivity index (χ0v) is 28.9. The molecule has 0 unspecified atom stereocenters. The van der Waals surface area contributed by atoms with E-state index >= 15 is 0 Å². The van der Waals surface area contributed by atoms with Crippen molar-refractivity contribution in [3.63, 3.8) is 0 Å². The fourth-order valence-corrected chi connectivity index (χ4v) is 5.48. The highest BCUT2D eigenvalue weighted by molar-refractivity contribution is 5.84. The third kappa shape index (κ3) is 27.4. The van der Waals surface area contributed by atoms with E-state index in [1.165, 1.54) is 44.9 Å². The van der Waals surface area contributed by atoms with Gasteiger partial charge in [0.1, 0.15) is 6.04 Å². The van der Waals surface area contributed by atoms with Gasteiger partial charge in [-0.1, -0.05) is 90.4 Å². The smallest absolute Gasteiger partial charge is 0.359 e. The van der Waals surface area contributed by atoms with Gasteiger partial charge in [0, 0.05) is 19.4 Å². The molecule has 0 aromatic carbocycles. The lowest BCUT2D eigenvalue weighted by atomic mass is 10.1. The molecule has 0 aromatic heterocycles. The average molecular weight is 627 g/mol. The Balaban J connectivity index is 3.94. The summed E-state index contributed by atoms with van der Waals surface area (Å²) in [6.45, 7) is 5.90. The first-order chi connectivity index (χ1) is 21.1. The highest BCUT2D eigenvalue weighted by Gasteiger charge is 2.21. The monoisotopic (exact) mass is 627 g/mol. The second-order valence-corrected chi connectivity index (χ2v) is 13.1. The van der Waals surface area contributed by atoms with Gasteiger partial charge in [0.15, 0.2) is 6.54 Å².